The number of carbonyl (C=O) groups excluding carboxylic acids is 2. The molecule has 0 aromatic carbocycles. The number of amides is 2. The fourth-order valence-corrected chi connectivity index (χ4v) is 3.12. The lowest BCUT2D eigenvalue weighted by Gasteiger charge is -2.21. The van der Waals surface area contributed by atoms with Crippen LogP contribution in [-0.2, 0) is 20.7 Å². The monoisotopic (exact) mass is 350 g/mol. The average Bonchev–Trinajstić information content (AvgIpc) is 3.16. The lowest BCUT2D eigenvalue weighted by Crippen LogP contribution is -2.32. The molecule has 0 spiro atoms. The molecule has 1 aliphatic heterocycles. The first kappa shape index (κ1) is 17.8. The maximum atomic E-state index is 12.3. The van der Waals surface area contributed by atoms with Gasteiger partial charge in [-0.1, -0.05) is 5.16 Å². The van der Waals surface area contributed by atoms with E-state index in [2.05, 4.69) is 15.5 Å². The Balaban J connectivity index is 1.47. The summed E-state index contributed by atoms with van der Waals surface area (Å²) in [5, 5.41) is 6.88. The molecule has 2 aliphatic rings. The number of nitrogens with one attached hydrogen (secondary N) is 1. The first-order valence-corrected chi connectivity index (χ1v) is 9.07. The van der Waals surface area contributed by atoms with Crippen LogP contribution in [0, 0.1) is 5.92 Å². The van der Waals surface area contributed by atoms with E-state index < -0.39 is 0 Å². The van der Waals surface area contributed by atoms with Crippen molar-refractivity contribution >= 4 is 11.8 Å². The molecule has 138 valence electrons. The zero-order valence-electron chi connectivity index (χ0n) is 14.7. The SMILES string of the molecule is COCCCNC(=O)CCc1nc(C2CCCN2C(=O)C2CC2)no1. The van der Waals surface area contributed by atoms with Gasteiger partial charge in [0.1, 0.15) is 0 Å². The van der Waals surface area contributed by atoms with Gasteiger partial charge in [-0.15, -0.1) is 0 Å². The molecule has 1 aliphatic carbocycles. The van der Waals surface area contributed by atoms with Crippen molar-refractivity contribution in [3.8, 4) is 0 Å². The predicted molar refractivity (Wildman–Crippen MR) is 88.5 cm³/mol. The highest BCUT2D eigenvalue weighted by Crippen LogP contribution is 2.37. The molecule has 8 nitrogen and oxygen atoms in total. The molecule has 1 saturated heterocycles. The summed E-state index contributed by atoms with van der Waals surface area (Å²) in [7, 11) is 1.64. The number of aromatic nitrogens is 2. The zero-order chi connectivity index (χ0) is 17.6. The summed E-state index contributed by atoms with van der Waals surface area (Å²) < 4.78 is 10.2. The Hall–Kier alpha value is -1.96. The molecule has 0 radical (unpaired) electrons. The highest BCUT2D eigenvalue weighted by Gasteiger charge is 2.40. The molecule has 0 bridgehead atoms. The van der Waals surface area contributed by atoms with Crippen molar-refractivity contribution in [3.63, 3.8) is 0 Å². The average molecular weight is 350 g/mol. The number of likely N-dealkylation sites (tertiary alicyclic amines) is 1. The Morgan fingerprint density at radius 2 is 2.20 bits per heavy atom. The van der Waals surface area contributed by atoms with E-state index in [9.17, 15) is 9.59 Å². The van der Waals surface area contributed by atoms with Crippen LogP contribution in [0.4, 0.5) is 0 Å². The van der Waals surface area contributed by atoms with Crippen LogP contribution in [-0.4, -0.2) is 53.7 Å². The molecule has 2 fully saturated rings. The zero-order valence-corrected chi connectivity index (χ0v) is 14.7. The lowest BCUT2D eigenvalue weighted by molar-refractivity contribution is -0.133. The number of hydrogen-bond acceptors (Lipinski definition) is 6. The van der Waals surface area contributed by atoms with Crippen LogP contribution < -0.4 is 5.32 Å². The maximum Gasteiger partial charge on any atom is 0.227 e. The minimum absolute atomic E-state index is 0.0396. The third kappa shape index (κ3) is 4.78. The number of hydrogen-bond donors (Lipinski definition) is 1. The van der Waals surface area contributed by atoms with Crippen molar-refractivity contribution in [3.05, 3.63) is 11.7 Å². The number of aryl methyl sites for hydroxylation is 1. The van der Waals surface area contributed by atoms with Crippen LogP contribution in [0.15, 0.2) is 4.52 Å². The molecule has 1 saturated carbocycles. The van der Waals surface area contributed by atoms with E-state index in [1.165, 1.54) is 0 Å². The summed E-state index contributed by atoms with van der Waals surface area (Å²) in [5.41, 5.74) is 0. The summed E-state index contributed by atoms with van der Waals surface area (Å²) in [6.45, 7) is 2.00. The first-order chi connectivity index (χ1) is 12.2. The van der Waals surface area contributed by atoms with Crippen LogP contribution in [0.1, 0.15) is 56.3 Å². The molecule has 25 heavy (non-hydrogen) atoms. The fraction of sp³-hybridized carbons (Fsp3) is 0.765. The highest BCUT2D eigenvalue weighted by molar-refractivity contribution is 5.81. The minimum atomic E-state index is -0.0755. The van der Waals surface area contributed by atoms with E-state index in [0.717, 1.165) is 38.6 Å². The molecule has 1 N–H and O–H groups in total. The van der Waals surface area contributed by atoms with Crippen molar-refractivity contribution in [2.75, 3.05) is 26.8 Å². The molecule has 8 heteroatoms. The van der Waals surface area contributed by atoms with Crippen LogP contribution >= 0.6 is 0 Å². The van der Waals surface area contributed by atoms with Gasteiger partial charge in [-0.05, 0) is 32.1 Å². The van der Waals surface area contributed by atoms with Gasteiger partial charge in [0.15, 0.2) is 5.82 Å². The molecule has 1 unspecified atom stereocenters. The summed E-state index contributed by atoms with van der Waals surface area (Å²) in [6, 6.07) is -0.0755. The van der Waals surface area contributed by atoms with Crippen molar-refractivity contribution in [1.82, 2.24) is 20.4 Å². The summed E-state index contributed by atoms with van der Waals surface area (Å²) >= 11 is 0. The van der Waals surface area contributed by atoms with E-state index in [1.807, 2.05) is 4.90 Å². The van der Waals surface area contributed by atoms with Crippen LogP contribution in [0.2, 0.25) is 0 Å². The van der Waals surface area contributed by atoms with Crippen LogP contribution in [0.5, 0.6) is 0 Å². The molecule has 2 heterocycles. The van der Waals surface area contributed by atoms with E-state index in [-0.39, 0.29) is 23.8 Å². The van der Waals surface area contributed by atoms with Crippen LogP contribution in [0.25, 0.3) is 0 Å². The molecule has 1 aromatic rings. The standard InChI is InChI=1S/C17H26N4O4/c1-24-11-3-9-18-14(22)7-8-15-19-16(20-25-15)13-4-2-10-21(13)17(23)12-5-6-12/h12-13H,2-11H2,1H3,(H,18,22). The number of nitrogens with zero attached hydrogens (tertiary/aromatic N) is 3. The maximum absolute atomic E-state index is 12.3. The van der Waals surface area contributed by atoms with Gasteiger partial charge < -0.3 is 19.5 Å². The highest BCUT2D eigenvalue weighted by atomic mass is 16.5. The largest absolute Gasteiger partial charge is 0.385 e. The Kier molecular flexibility index (Phi) is 6.01. The van der Waals surface area contributed by atoms with Gasteiger partial charge in [0, 0.05) is 45.6 Å². The number of methoxy groups -OCH3 is 1. The number of rotatable bonds is 9. The van der Waals surface area contributed by atoms with Gasteiger partial charge in [0.05, 0.1) is 6.04 Å². The second kappa shape index (κ2) is 8.42. The number of carbonyl (C=O) groups is 2. The predicted octanol–water partition coefficient (Wildman–Crippen LogP) is 1.23. The molecular weight excluding hydrogens is 324 g/mol. The lowest BCUT2D eigenvalue weighted by atomic mass is 10.2. The van der Waals surface area contributed by atoms with E-state index in [0.29, 0.717) is 37.7 Å². The molecule has 2 amide bonds. The van der Waals surface area contributed by atoms with Crippen molar-refractivity contribution < 1.29 is 18.8 Å². The van der Waals surface area contributed by atoms with Crippen molar-refractivity contribution in [2.24, 2.45) is 5.92 Å². The Morgan fingerprint density at radius 3 is 2.96 bits per heavy atom. The van der Waals surface area contributed by atoms with Crippen LogP contribution in [0.3, 0.4) is 0 Å². The number of ether oxygens (including phenoxy) is 1. The van der Waals surface area contributed by atoms with E-state index >= 15 is 0 Å². The van der Waals surface area contributed by atoms with Gasteiger partial charge in [-0.2, -0.15) is 4.98 Å². The van der Waals surface area contributed by atoms with E-state index in [1.54, 1.807) is 7.11 Å². The smallest absolute Gasteiger partial charge is 0.227 e. The Labute approximate surface area is 147 Å². The quantitative estimate of drug-likeness (QED) is 0.673. The second-order valence-electron chi connectivity index (χ2n) is 6.71. The Morgan fingerprint density at radius 1 is 1.36 bits per heavy atom. The van der Waals surface area contributed by atoms with Gasteiger partial charge in [0.2, 0.25) is 17.7 Å². The normalized spacial score (nSPS) is 20.0. The molecule has 1 atom stereocenters. The molecule has 3 rings (SSSR count). The van der Waals surface area contributed by atoms with Gasteiger partial charge in [0.25, 0.3) is 0 Å². The van der Waals surface area contributed by atoms with Gasteiger partial charge in [-0.3, -0.25) is 9.59 Å². The Bertz CT molecular complexity index is 599. The van der Waals surface area contributed by atoms with E-state index in [4.69, 9.17) is 9.26 Å². The third-order valence-corrected chi connectivity index (χ3v) is 4.66. The topological polar surface area (TPSA) is 97.6 Å². The molecule has 1 aromatic heterocycles. The van der Waals surface area contributed by atoms with Crippen molar-refractivity contribution in [2.45, 2.75) is 51.0 Å². The second-order valence-corrected chi connectivity index (χ2v) is 6.71. The van der Waals surface area contributed by atoms with Gasteiger partial charge in [-0.25, -0.2) is 0 Å². The molecular formula is C17H26N4O4. The van der Waals surface area contributed by atoms with Crippen molar-refractivity contribution in [1.29, 1.82) is 0 Å². The summed E-state index contributed by atoms with van der Waals surface area (Å²) in [5.74, 6) is 1.41. The summed E-state index contributed by atoms with van der Waals surface area (Å²) in [6.07, 6.45) is 5.35. The third-order valence-electron chi connectivity index (χ3n) is 4.66. The fourth-order valence-electron chi connectivity index (χ4n) is 3.12. The van der Waals surface area contributed by atoms with Gasteiger partial charge >= 0.3 is 0 Å². The minimum Gasteiger partial charge on any atom is -0.385 e. The summed E-state index contributed by atoms with van der Waals surface area (Å²) in [4.78, 5) is 30.4. The first-order valence-electron chi connectivity index (χ1n) is 9.07.